The normalized spacial score (nSPS) is 15.0. The molecular weight excluding hydrogens is 352 g/mol. The number of fused-ring (bicyclic) bond motifs is 1. The topological polar surface area (TPSA) is 80.5 Å². The highest BCUT2D eigenvalue weighted by molar-refractivity contribution is 7.91. The van der Waals surface area contributed by atoms with Crippen molar-refractivity contribution in [2.24, 2.45) is 0 Å². The van der Waals surface area contributed by atoms with E-state index in [1.54, 1.807) is 35.2 Å². The van der Waals surface area contributed by atoms with Crippen LogP contribution in [-0.4, -0.2) is 36.5 Å². The zero-order valence-corrected chi connectivity index (χ0v) is 16.2. The second-order valence-electron chi connectivity index (χ2n) is 7.59. The van der Waals surface area contributed by atoms with Crippen molar-refractivity contribution in [2.75, 3.05) is 12.3 Å². The van der Waals surface area contributed by atoms with E-state index in [2.05, 4.69) is 4.98 Å². The maximum atomic E-state index is 12.5. The number of sulfone groups is 1. The summed E-state index contributed by atoms with van der Waals surface area (Å²) in [4.78, 5) is 18.9. The van der Waals surface area contributed by atoms with Gasteiger partial charge in [0, 0.05) is 24.8 Å². The van der Waals surface area contributed by atoms with Gasteiger partial charge in [-0.1, -0.05) is 39.0 Å². The third-order valence-corrected chi connectivity index (χ3v) is 6.14. The molecule has 6 nitrogen and oxygen atoms in total. The molecule has 26 heavy (non-hydrogen) atoms. The number of benzene rings is 1. The average Bonchev–Trinajstić information content (AvgIpc) is 3.04. The lowest BCUT2D eigenvalue weighted by molar-refractivity contribution is -0.131. The molecule has 0 bridgehead atoms. The lowest BCUT2D eigenvalue weighted by Crippen LogP contribution is -2.36. The Bertz CT molecular complexity index is 895. The van der Waals surface area contributed by atoms with E-state index < -0.39 is 9.84 Å². The zero-order chi connectivity index (χ0) is 18.9. The van der Waals surface area contributed by atoms with Crippen LogP contribution in [-0.2, 0) is 33.0 Å². The highest BCUT2D eigenvalue weighted by Crippen LogP contribution is 2.27. The van der Waals surface area contributed by atoms with Gasteiger partial charge in [-0.25, -0.2) is 13.4 Å². The molecule has 2 heterocycles. The largest absolute Gasteiger partial charge is 0.445 e. The van der Waals surface area contributed by atoms with Crippen molar-refractivity contribution in [1.29, 1.82) is 0 Å². The van der Waals surface area contributed by atoms with Gasteiger partial charge in [0.2, 0.25) is 5.91 Å². The van der Waals surface area contributed by atoms with E-state index in [4.69, 9.17) is 4.42 Å². The molecule has 1 aromatic heterocycles. The van der Waals surface area contributed by atoms with Crippen LogP contribution in [0.3, 0.4) is 0 Å². The number of amides is 1. The van der Waals surface area contributed by atoms with Gasteiger partial charge in [-0.2, -0.15) is 0 Å². The smallest absolute Gasteiger partial charge is 0.223 e. The van der Waals surface area contributed by atoms with Crippen molar-refractivity contribution in [3.8, 4) is 0 Å². The Morgan fingerprint density at radius 3 is 2.58 bits per heavy atom. The van der Waals surface area contributed by atoms with E-state index in [1.807, 2.05) is 20.8 Å². The first-order valence-corrected chi connectivity index (χ1v) is 10.4. The molecule has 0 saturated carbocycles. The zero-order valence-electron chi connectivity index (χ0n) is 15.4. The van der Waals surface area contributed by atoms with Crippen LogP contribution in [0.4, 0.5) is 0 Å². The van der Waals surface area contributed by atoms with Gasteiger partial charge in [0.05, 0.1) is 17.2 Å². The van der Waals surface area contributed by atoms with Gasteiger partial charge >= 0.3 is 0 Å². The summed E-state index contributed by atoms with van der Waals surface area (Å²) in [6, 6.07) is 8.22. The fourth-order valence-electron chi connectivity index (χ4n) is 2.86. The van der Waals surface area contributed by atoms with Gasteiger partial charge in [-0.3, -0.25) is 4.79 Å². The molecule has 0 unspecified atom stereocenters. The van der Waals surface area contributed by atoms with Gasteiger partial charge < -0.3 is 9.32 Å². The van der Waals surface area contributed by atoms with E-state index in [1.165, 1.54) is 0 Å². The number of aromatic nitrogens is 1. The Labute approximate surface area is 154 Å². The molecule has 0 fully saturated rings. The van der Waals surface area contributed by atoms with Crippen LogP contribution < -0.4 is 0 Å². The van der Waals surface area contributed by atoms with E-state index in [-0.39, 0.29) is 28.4 Å². The van der Waals surface area contributed by atoms with Crippen molar-refractivity contribution in [1.82, 2.24) is 9.88 Å². The molecule has 0 atom stereocenters. The van der Waals surface area contributed by atoms with E-state index in [9.17, 15) is 13.2 Å². The van der Waals surface area contributed by atoms with Crippen LogP contribution in [0.5, 0.6) is 0 Å². The van der Waals surface area contributed by atoms with Gasteiger partial charge in [-0.15, -0.1) is 0 Å². The Morgan fingerprint density at radius 1 is 1.23 bits per heavy atom. The number of rotatable bonds is 4. The second kappa shape index (κ2) is 6.87. The summed E-state index contributed by atoms with van der Waals surface area (Å²) < 4.78 is 30.5. The monoisotopic (exact) mass is 376 g/mol. The highest BCUT2D eigenvalue weighted by Gasteiger charge is 2.29. The van der Waals surface area contributed by atoms with Crippen molar-refractivity contribution < 1.29 is 17.6 Å². The maximum absolute atomic E-state index is 12.5. The Morgan fingerprint density at radius 2 is 1.92 bits per heavy atom. The van der Waals surface area contributed by atoms with Gasteiger partial charge in [0.1, 0.15) is 11.5 Å². The molecule has 1 aliphatic rings. The number of nitrogens with zero attached hydrogens (tertiary/aromatic N) is 2. The summed E-state index contributed by atoms with van der Waals surface area (Å²) in [6.45, 7) is 6.99. The fourth-order valence-corrected chi connectivity index (χ4v) is 4.11. The summed E-state index contributed by atoms with van der Waals surface area (Å²) in [5.41, 5.74) is 0.594. The third kappa shape index (κ3) is 3.98. The standard InChI is InChI=1S/C19H24N2O4S/c1-19(2,3)18-20-15-13-21(11-9-16(15)25-18)17(22)10-12-26(23,24)14-7-5-4-6-8-14/h4-8H,9-13H2,1-3H3. The first kappa shape index (κ1) is 18.6. The van der Waals surface area contributed by atoms with Gasteiger partial charge in [-0.05, 0) is 12.1 Å². The molecule has 140 valence electrons. The van der Waals surface area contributed by atoms with Gasteiger partial charge in [0.15, 0.2) is 15.7 Å². The van der Waals surface area contributed by atoms with Gasteiger partial charge in [0.25, 0.3) is 0 Å². The molecule has 0 N–H and O–H groups in total. The van der Waals surface area contributed by atoms with E-state index in [0.717, 1.165) is 11.5 Å². The molecule has 3 rings (SSSR count). The van der Waals surface area contributed by atoms with E-state index >= 15 is 0 Å². The molecule has 1 amide bonds. The maximum Gasteiger partial charge on any atom is 0.223 e. The van der Waals surface area contributed by atoms with Crippen molar-refractivity contribution in [3.05, 3.63) is 47.7 Å². The van der Waals surface area contributed by atoms with Crippen LogP contribution >= 0.6 is 0 Å². The van der Waals surface area contributed by atoms with Crippen molar-refractivity contribution in [3.63, 3.8) is 0 Å². The Balaban J connectivity index is 1.64. The Kier molecular flexibility index (Phi) is 4.92. The van der Waals surface area contributed by atoms with Crippen LogP contribution in [0.15, 0.2) is 39.6 Å². The highest BCUT2D eigenvalue weighted by atomic mass is 32.2. The summed E-state index contributed by atoms with van der Waals surface area (Å²) in [6.07, 6.45) is 0.576. The SMILES string of the molecule is CC(C)(C)c1nc2c(o1)CCN(C(=O)CCS(=O)(=O)c1ccccc1)C2. The first-order valence-electron chi connectivity index (χ1n) is 8.71. The number of hydrogen-bond donors (Lipinski definition) is 0. The molecule has 0 aliphatic carbocycles. The number of hydrogen-bond acceptors (Lipinski definition) is 5. The van der Waals surface area contributed by atoms with Crippen molar-refractivity contribution >= 4 is 15.7 Å². The molecule has 0 spiro atoms. The Hall–Kier alpha value is -2.15. The average molecular weight is 376 g/mol. The lowest BCUT2D eigenvalue weighted by Gasteiger charge is -2.25. The first-order chi connectivity index (χ1) is 12.2. The molecule has 1 aromatic carbocycles. The minimum atomic E-state index is -3.45. The minimum Gasteiger partial charge on any atom is -0.445 e. The van der Waals surface area contributed by atoms with Crippen LogP contribution in [0.25, 0.3) is 0 Å². The third-order valence-electron chi connectivity index (χ3n) is 4.41. The second-order valence-corrected chi connectivity index (χ2v) is 9.70. The molecule has 7 heteroatoms. The fraction of sp³-hybridized carbons (Fsp3) is 0.474. The lowest BCUT2D eigenvalue weighted by atomic mass is 9.97. The summed E-state index contributed by atoms with van der Waals surface area (Å²) in [5.74, 6) is 1.14. The summed E-state index contributed by atoms with van der Waals surface area (Å²) in [5, 5.41) is 0. The molecule has 1 aliphatic heterocycles. The van der Waals surface area contributed by atoms with E-state index in [0.29, 0.717) is 25.4 Å². The molecule has 2 aromatic rings. The summed E-state index contributed by atoms with van der Waals surface area (Å²) in [7, 11) is -3.45. The number of carbonyl (C=O) groups is 1. The minimum absolute atomic E-state index is 0.0312. The quantitative estimate of drug-likeness (QED) is 0.820. The van der Waals surface area contributed by atoms with Crippen LogP contribution in [0, 0.1) is 0 Å². The number of oxazole rings is 1. The predicted octanol–water partition coefficient (Wildman–Crippen LogP) is 2.72. The number of carbonyl (C=O) groups excluding carboxylic acids is 1. The molecular formula is C19H24N2O4S. The van der Waals surface area contributed by atoms with Crippen LogP contribution in [0.2, 0.25) is 0 Å². The molecule has 0 radical (unpaired) electrons. The van der Waals surface area contributed by atoms with Crippen LogP contribution in [0.1, 0.15) is 44.5 Å². The summed E-state index contributed by atoms with van der Waals surface area (Å²) >= 11 is 0. The van der Waals surface area contributed by atoms with Crippen molar-refractivity contribution in [2.45, 2.75) is 50.5 Å². The molecule has 0 saturated heterocycles. The predicted molar refractivity (Wildman–Crippen MR) is 97.4 cm³/mol.